The summed E-state index contributed by atoms with van der Waals surface area (Å²) in [6.07, 6.45) is 0. The number of nitrogens with two attached hydrogens (primary N) is 1. The van der Waals surface area contributed by atoms with E-state index in [1.54, 1.807) is 12.1 Å². The van der Waals surface area contributed by atoms with Crippen molar-refractivity contribution in [2.75, 3.05) is 5.73 Å². The maximum absolute atomic E-state index is 12.3. The number of ketones is 1. The molecule has 0 saturated heterocycles. The van der Waals surface area contributed by atoms with Crippen LogP contribution >= 0.6 is 0 Å². The molecule has 0 atom stereocenters. The molecule has 2 aromatic rings. The van der Waals surface area contributed by atoms with Gasteiger partial charge in [-0.1, -0.05) is 50.2 Å². The zero-order valence-electron chi connectivity index (χ0n) is 10.7. The first-order valence-corrected chi connectivity index (χ1v) is 6.08. The van der Waals surface area contributed by atoms with Gasteiger partial charge in [-0.05, 0) is 23.6 Å². The SMILES string of the molecule is CC(C)c1ccc(C(=O)c2ccccc2N)cc1. The van der Waals surface area contributed by atoms with Crippen molar-refractivity contribution < 1.29 is 4.79 Å². The molecule has 0 fully saturated rings. The minimum absolute atomic E-state index is 0.0246. The number of carbonyl (C=O) groups is 1. The van der Waals surface area contributed by atoms with Crippen LogP contribution < -0.4 is 5.73 Å². The summed E-state index contributed by atoms with van der Waals surface area (Å²) in [5, 5.41) is 0. The third kappa shape index (κ3) is 2.43. The molecular weight excluding hydrogens is 222 g/mol. The molecule has 0 aliphatic rings. The average molecular weight is 239 g/mol. The van der Waals surface area contributed by atoms with Gasteiger partial charge in [0.15, 0.2) is 5.78 Å². The standard InChI is InChI=1S/C16H17NO/c1-11(2)12-7-9-13(10-8-12)16(18)14-5-3-4-6-15(14)17/h3-11H,17H2,1-2H3. The summed E-state index contributed by atoms with van der Waals surface area (Å²) in [5.41, 5.74) is 8.81. The van der Waals surface area contributed by atoms with E-state index in [0.29, 0.717) is 22.7 Å². The van der Waals surface area contributed by atoms with Crippen molar-refractivity contribution in [1.29, 1.82) is 0 Å². The number of para-hydroxylation sites is 1. The van der Waals surface area contributed by atoms with E-state index < -0.39 is 0 Å². The monoisotopic (exact) mass is 239 g/mol. The molecule has 18 heavy (non-hydrogen) atoms. The van der Waals surface area contributed by atoms with E-state index in [-0.39, 0.29) is 5.78 Å². The van der Waals surface area contributed by atoms with E-state index in [9.17, 15) is 4.79 Å². The van der Waals surface area contributed by atoms with Crippen LogP contribution in [0.4, 0.5) is 5.69 Å². The second-order valence-corrected chi connectivity index (χ2v) is 4.69. The lowest BCUT2D eigenvalue weighted by molar-refractivity contribution is 0.103. The van der Waals surface area contributed by atoms with Gasteiger partial charge >= 0.3 is 0 Å². The van der Waals surface area contributed by atoms with Crippen LogP contribution in [0.25, 0.3) is 0 Å². The summed E-state index contributed by atoms with van der Waals surface area (Å²) in [6.45, 7) is 4.26. The summed E-state index contributed by atoms with van der Waals surface area (Å²) < 4.78 is 0. The largest absolute Gasteiger partial charge is 0.398 e. The summed E-state index contributed by atoms with van der Waals surface area (Å²) >= 11 is 0. The molecule has 0 radical (unpaired) electrons. The van der Waals surface area contributed by atoms with Gasteiger partial charge in [0.05, 0.1) is 0 Å². The Kier molecular flexibility index (Phi) is 3.47. The smallest absolute Gasteiger partial charge is 0.195 e. The van der Waals surface area contributed by atoms with Gasteiger partial charge in [-0.15, -0.1) is 0 Å². The van der Waals surface area contributed by atoms with Crippen molar-refractivity contribution >= 4 is 11.5 Å². The normalized spacial score (nSPS) is 10.6. The Morgan fingerprint density at radius 3 is 2.17 bits per heavy atom. The molecule has 0 aromatic heterocycles. The van der Waals surface area contributed by atoms with Crippen LogP contribution in [0.3, 0.4) is 0 Å². The number of anilines is 1. The van der Waals surface area contributed by atoms with E-state index >= 15 is 0 Å². The Labute approximate surface area is 107 Å². The second kappa shape index (κ2) is 5.05. The predicted octanol–water partition coefficient (Wildman–Crippen LogP) is 3.62. The molecule has 0 aliphatic heterocycles. The third-order valence-electron chi connectivity index (χ3n) is 3.04. The lowest BCUT2D eigenvalue weighted by Gasteiger charge is -2.07. The predicted molar refractivity (Wildman–Crippen MR) is 74.8 cm³/mol. The van der Waals surface area contributed by atoms with Gasteiger partial charge in [0, 0.05) is 16.8 Å². The van der Waals surface area contributed by atoms with Gasteiger partial charge < -0.3 is 5.73 Å². The number of hydrogen-bond donors (Lipinski definition) is 1. The van der Waals surface area contributed by atoms with Gasteiger partial charge in [0.1, 0.15) is 0 Å². The van der Waals surface area contributed by atoms with Crippen molar-refractivity contribution in [3.05, 3.63) is 65.2 Å². The molecule has 0 heterocycles. The fourth-order valence-electron chi connectivity index (χ4n) is 1.88. The first kappa shape index (κ1) is 12.4. The van der Waals surface area contributed by atoms with Crippen molar-refractivity contribution in [2.24, 2.45) is 0 Å². The molecule has 0 amide bonds. The minimum atomic E-state index is -0.0246. The Bertz CT molecular complexity index is 556. The summed E-state index contributed by atoms with van der Waals surface area (Å²) in [4.78, 5) is 12.3. The third-order valence-corrected chi connectivity index (χ3v) is 3.04. The molecule has 0 bridgehead atoms. The highest BCUT2D eigenvalue weighted by Gasteiger charge is 2.11. The highest BCUT2D eigenvalue weighted by molar-refractivity contribution is 6.12. The molecule has 0 spiro atoms. The van der Waals surface area contributed by atoms with Gasteiger partial charge in [-0.3, -0.25) is 4.79 Å². The van der Waals surface area contributed by atoms with Crippen LogP contribution in [0.1, 0.15) is 41.3 Å². The van der Waals surface area contributed by atoms with Crippen molar-refractivity contribution in [1.82, 2.24) is 0 Å². The van der Waals surface area contributed by atoms with Crippen LogP contribution in [-0.2, 0) is 0 Å². The Hall–Kier alpha value is -2.09. The molecule has 2 aromatic carbocycles. The van der Waals surface area contributed by atoms with E-state index in [1.807, 2.05) is 36.4 Å². The number of rotatable bonds is 3. The first-order chi connectivity index (χ1) is 8.59. The van der Waals surface area contributed by atoms with E-state index in [0.717, 1.165) is 0 Å². The molecule has 0 unspecified atom stereocenters. The van der Waals surface area contributed by atoms with Gasteiger partial charge in [0.2, 0.25) is 0 Å². The first-order valence-electron chi connectivity index (χ1n) is 6.08. The second-order valence-electron chi connectivity index (χ2n) is 4.69. The fraction of sp³-hybridized carbons (Fsp3) is 0.188. The van der Waals surface area contributed by atoms with E-state index in [2.05, 4.69) is 13.8 Å². The highest BCUT2D eigenvalue weighted by Crippen LogP contribution is 2.19. The maximum Gasteiger partial charge on any atom is 0.195 e. The minimum Gasteiger partial charge on any atom is -0.398 e. The number of hydrogen-bond acceptors (Lipinski definition) is 2. The van der Waals surface area contributed by atoms with Crippen LogP contribution in [0.15, 0.2) is 48.5 Å². The number of benzene rings is 2. The molecule has 2 heteroatoms. The van der Waals surface area contributed by atoms with Gasteiger partial charge in [0.25, 0.3) is 0 Å². The lowest BCUT2D eigenvalue weighted by atomic mass is 9.97. The van der Waals surface area contributed by atoms with Crippen LogP contribution in [0, 0.1) is 0 Å². The molecule has 2 nitrogen and oxygen atoms in total. The van der Waals surface area contributed by atoms with Gasteiger partial charge in [-0.25, -0.2) is 0 Å². The average Bonchev–Trinajstić information content (AvgIpc) is 2.38. The van der Waals surface area contributed by atoms with E-state index in [4.69, 9.17) is 5.73 Å². The number of nitrogen functional groups attached to an aromatic ring is 1. The van der Waals surface area contributed by atoms with Crippen molar-refractivity contribution in [3.8, 4) is 0 Å². The zero-order chi connectivity index (χ0) is 13.1. The molecule has 2 rings (SSSR count). The summed E-state index contributed by atoms with van der Waals surface area (Å²) in [7, 11) is 0. The lowest BCUT2D eigenvalue weighted by Crippen LogP contribution is -2.05. The fourth-order valence-corrected chi connectivity index (χ4v) is 1.88. The van der Waals surface area contributed by atoms with Crippen LogP contribution in [0.2, 0.25) is 0 Å². The molecule has 0 aliphatic carbocycles. The number of carbonyl (C=O) groups excluding carboxylic acids is 1. The molecular formula is C16H17NO. The summed E-state index contributed by atoms with van der Waals surface area (Å²) in [6, 6.07) is 14.9. The topological polar surface area (TPSA) is 43.1 Å². The van der Waals surface area contributed by atoms with Crippen LogP contribution in [-0.4, -0.2) is 5.78 Å². The molecule has 0 saturated carbocycles. The Morgan fingerprint density at radius 2 is 1.61 bits per heavy atom. The zero-order valence-corrected chi connectivity index (χ0v) is 10.7. The quantitative estimate of drug-likeness (QED) is 0.656. The summed E-state index contributed by atoms with van der Waals surface area (Å²) in [5.74, 6) is 0.444. The Balaban J connectivity index is 2.32. The Morgan fingerprint density at radius 1 is 1.00 bits per heavy atom. The highest BCUT2D eigenvalue weighted by atomic mass is 16.1. The van der Waals surface area contributed by atoms with Crippen molar-refractivity contribution in [2.45, 2.75) is 19.8 Å². The maximum atomic E-state index is 12.3. The molecule has 2 N–H and O–H groups in total. The molecule has 92 valence electrons. The van der Waals surface area contributed by atoms with Crippen LogP contribution in [0.5, 0.6) is 0 Å². The van der Waals surface area contributed by atoms with Crippen molar-refractivity contribution in [3.63, 3.8) is 0 Å². The van der Waals surface area contributed by atoms with Gasteiger partial charge in [-0.2, -0.15) is 0 Å². The van der Waals surface area contributed by atoms with E-state index in [1.165, 1.54) is 5.56 Å².